The highest BCUT2D eigenvalue weighted by molar-refractivity contribution is 7.92. The summed E-state index contributed by atoms with van der Waals surface area (Å²) < 4.78 is 33.2. The minimum Gasteiger partial charge on any atom is -0.356 e. The average Bonchev–Trinajstić information content (AvgIpc) is 2.93. The molecule has 1 N–H and O–H groups in total. The summed E-state index contributed by atoms with van der Waals surface area (Å²) in [6.45, 7) is 5.43. The standard InChI is InChI=1S/C17H17N3O3S/c1-11-6-7-18-17(8-11)20-24(21,22)16-10-14(5-4-12(16)2)15-9-13(3)19-23-15/h4-10H,1-3H3,(H,18,20). The van der Waals surface area contributed by atoms with Gasteiger partial charge >= 0.3 is 0 Å². The lowest BCUT2D eigenvalue weighted by atomic mass is 10.1. The number of aromatic nitrogens is 2. The summed E-state index contributed by atoms with van der Waals surface area (Å²) >= 11 is 0. The number of anilines is 1. The zero-order valence-electron chi connectivity index (χ0n) is 13.6. The predicted molar refractivity (Wildman–Crippen MR) is 91.2 cm³/mol. The molecule has 7 heteroatoms. The van der Waals surface area contributed by atoms with Crippen molar-refractivity contribution in [3.8, 4) is 11.3 Å². The number of hydrogen-bond donors (Lipinski definition) is 1. The third-order valence-electron chi connectivity index (χ3n) is 3.54. The Morgan fingerprint density at radius 2 is 1.83 bits per heavy atom. The molecule has 0 saturated carbocycles. The molecule has 0 bridgehead atoms. The van der Waals surface area contributed by atoms with E-state index in [4.69, 9.17) is 4.52 Å². The molecule has 124 valence electrons. The molecule has 0 radical (unpaired) electrons. The molecular weight excluding hydrogens is 326 g/mol. The highest BCUT2D eigenvalue weighted by atomic mass is 32.2. The van der Waals surface area contributed by atoms with Crippen LogP contribution >= 0.6 is 0 Å². The molecule has 6 nitrogen and oxygen atoms in total. The highest BCUT2D eigenvalue weighted by Gasteiger charge is 2.19. The van der Waals surface area contributed by atoms with Crippen LogP contribution in [0.5, 0.6) is 0 Å². The van der Waals surface area contributed by atoms with Crippen LogP contribution in [0.4, 0.5) is 5.82 Å². The van der Waals surface area contributed by atoms with E-state index in [-0.39, 0.29) is 10.7 Å². The third-order valence-corrected chi connectivity index (χ3v) is 5.04. The van der Waals surface area contributed by atoms with Gasteiger partial charge in [0.2, 0.25) is 0 Å². The molecule has 0 amide bonds. The van der Waals surface area contributed by atoms with E-state index < -0.39 is 10.0 Å². The van der Waals surface area contributed by atoms with E-state index in [0.717, 1.165) is 11.3 Å². The molecule has 0 aliphatic carbocycles. The van der Waals surface area contributed by atoms with E-state index in [1.807, 2.05) is 13.8 Å². The van der Waals surface area contributed by atoms with E-state index >= 15 is 0 Å². The first-order valence-corrected chi connectivity index (χ1v) is 8.83. The van der Waals surface area contributed by atoms with Crippen LogP contribution in [0.25, 0.3) is 11.3 Å². The zero-order chi connectivity index (χ0) is 17.3. The second-order valence-corrected chi connectivity index (χ2v) is 7.29. The van der Waals surface area contributed by atoms with Crippen molar-refractivity contribution in [2.75, 3.05) is 4.72 Å². The number of benzene rings is 1. The fourth-order valence-electron chi connectivity index (χ4n) is 2.33. The Balaban J connectivity index is 2.01. The van der Waals surface area contributed by atoms with Gasteiger partial charge in [-0.25, -0.2) is 13.4 Å². The lowest BCUT2D eigenvalue weighted by Gasteiger charge is -2.11. The van der Waals surface area contributed by atoms with Crippen LogP contribution in [0.2, 0.25) is 0 Å². The fourth-order valence-corrected chi connectivity index (χ4v) is 3.60. The van der Waals surface area contributed by atoms with Crippen molar-refractivity contribution >= 4 is 15.8 Å². The SMILES string of the molecule is Cc1ccnc(NS(=O)(=O)c2cc(-c3cc(C)no3)ccc2C)c1. The number of pyridine rings is 1. The molecular formula is C17H17N3O3S. The molecule has 2 aromatic heterocycles. The van der Waals surface area contributed by atoms with Gasteiger partial charge in [-0.3, -0.25) is 4.72 Å². The van der Waals surface area contributed by atoms with Crippen LogP contribution in [0.3, 0.4) is 0 Å². The summed E-state index contributed by atoms with van der Waals surface area (Å²) in [6, 6.07) is 10.4. The first-order valence-electron chi connectivity index (χ1n) is 7.35. The fraction of sp³-hybridized carbons (Fsp3) is 0.176. The molecule has 0 aliphatic heterocycles. The Hall–Kier alpha value is -2.67. The molecule has 0 saturated heterocycles. The third kappa shape index (κ3) is 3.30. The second-order valence-electron chi connectivity index (χ2n) is 5.64. The molecule has 0 aliphatic rings. The number of nitrogens with one attached hydrogen (secondary N) is 1. The number of aryl methyl sites for hydroxylation is 3. The summed E-state index contributed by atoms with van der Waals surface area (Å²) in [5.41, 5.74) is 2.94. The largest absolute Gasteiger partial charge is 0.356 e. The maximum atomic E-state index is 12.7. The lowest BCUT2D eigenvalue weighted by molar-refractivity contribution is 0.427. The van der Waals surface area contributed by atoms with Gasteiger partial charge in [0.1, 0.15) is 5.82 Å². The zero-order valence-corrected chi connectivity index (χ0v) is 14.4. The van der Waals surface area contributed by atoms with Gasteiger partial charge in [-0.05, 0) is 50.1 Å². The van der Waals surface area contributed by atoms with Crippen molar-refractivity contribution in [2.45, 2.75) is 25.7 Å². The first kappa shape index (κ1) is 16.2. The predicted octanol–water partition coefficient (Wildman–Crippen LogP) is 3.46. The maximum absolute atomic E-state index is 12.7. The summed E-state index contributed by atoms with van der Waals surface area (Å²) in [7, 11) is -3.76. The minimum absolute atomic E-state index is 0.178. The normalized spacial score (nSPS) is 11.5. The van der Waals surface area contributed by atoms with E-state index in [0.29, 0.717) is 16.9 Å². The summed E-state index contributed by atoms with van der Waals surface area (Å²) in [6.07, 6.45) is 1.56. The van der Waals surface area contributed by atoms with Crippen LogP contribution in [-0.2, 0) is 10.0 Å². The van der Waals surface area contributed by atoms with Gasteiger partial charge in [0.25, 0.3) is 10.0 Å². The first-order chi connectivity index (χ1) is 11.3. The minimum atomic E-state index is -3.76. The van der Waals surface area contributed by atoms with Crippen molar-refractivity contribution in [3.63, 3.8) is 0 Å². The van der Waals surface area contributed by atoms with Crippen LogP contribution in [0.1, 0.15) is 16.8 Å². The van der Waals surface area contributed by atoms with Crippen LogP contribution < -0.4 is 4.72 Å². The van der Waals surface area contributed by atoms with Crippen molar-refractivity contribution < 1.29 is 12.9 Å². The van der Waals surface area contributed by atoms with Gasteiger partial charge in [0, 0.05) is 17.8 Å². The van der Waals surface area contributed by atoms with Gasteiger partial charge in [-0.15, -0.1) is 0 Å². The van der Waals surface area contributed by atoms with Crippen molar-refractivity contribution in [1.29, 1.82) is 0 Å². The van der Waals surface area contributed by atoms with Crippen LogP contribution in [0.15, 0.2) is 52.0 Å². The summed E-state index contributed by atoms with van der Waals surface area (Å²) in [5.74, 6) is 0.813. The molecule has 0 fully saturated rings. The molecule has 0 spiro atoms. The summed E-state index contributed by atoms with van der Waals surface area (Å²) in [4.78, 5) is 4.22. The van der Waals surface area contributed by atoms with E-state index in [1.54, 1.807) is 49.5 Å². The van der Waals surface area contributed by atoms with Gasteiger partial charge in [0.15, 0.2) is 5.76 Å². The van der Waals surface area contributed by atoms with Gasteiger partial charge in [-0.1, -0.05) is 17.3 Å². The van der Waals surface area contributed by atoms with Crippen LogP contribution in [-0.4, -0.2) is 18.6 Å². The van der Waals surface area contributed by atoms with Crippen molar-refractivity contribution in [1.82, 2.24) is 10.1 Å². The number of nitrogens with zero attached hydrogens (tertiary/aromatic N) is 2. The van der Waals surface area contributed by atoms with Gasteiger partial charge in [-0.2, -0.15) is 0 Å². The van der Waals surface area contributed by atoms with Crippen molar-refractivity contribution in [3.05, 3.63) is 59.4 Å². The lowest BCUT2D eigenvalue weighted by Crippen LogP contribution is -2.15. The molecule has 0 atom stereocenters. The molecule has 1 aromatic carbocycles. The molecule has 2 heterocycles. The summed E-state index contributed by atoms with van der Waals surface area (Å²) in [5, 5.41) is 3.83. The molecule has 24 heavy (non-hydrogen) atoms. The number of hydrogen-bond acceptors (Lipinski definition) is 5. The van der Waals surface area contributed by atoms with Gasteiger partial charge < -0.3 is 4.52 Å². The molecule has 3 rings (SSSR count). The Kier molecular flexibility index (Phi) is 4.11. The van der Waals surface area contributed by atoms with E-state index in [9.17, 15) is 8.42 Å². The second kappa shape index (κ2) is 6.09. The Labute approximate surface area is 140 Å². The Morgan fingerprint density at radius 1 is 1.04 bits per heavy atom. The van der Waals surface area contributed by atoms with Gasteiger partial charge in [0.05, 0.1) is 10.6 Å². The van der Waals surface area contributed by atoms with Crippen LogP contribution in [0, 0.1) is 20.8 Å². The topological polar surface area (TPSA) is 85.1 Å². The quantitative estimate of drug-likeness (QED) is 0.784. The molecule has 3 aromatic rings. The van der Waals surface area contributed by atoms with Crippen molar-refractivity contribution in [2.24, 2.45) is 0 Å². The number of rotatable bonds is 4. The Bertz CT molecular complexity index is 994. The smallest absolute Gasteiger partial charge is 0.263 e. The Morgan fingerprint density at radius 3 is 2.50 bits per heavy atom. The molecule has 0 unspecified atom stereocenters. The van der Waals surface area contributed by atoms with E-state index in [1.165, 1.54) is 0 Å². The van der Waals surface area contributed by atoms with E-state index in [2.05, 4.69) is 14.9 Å². The average molecular weight is 343 g/mol. The highest BCUT2D eigenvalue weighted by Crippen LogP contribution is 2.26. The maximum Gasteiger partial charge on any atom is 0.263 e. The number of sulfonamides is 1. The monoisotopic (exact) mass is 343 g/mol.